The van der Waals surface area contributed by atoms with Crippen molar-refractivity contribution in [3.05, 3.63) is 18.2 Å². The average molecular weight is 266 g/mol. The van der Waals surface area contributed by atoms with Crippen molar-refractivity contribution < 1.29 is 9.47 Å². The molecular weight excluding hydrogens is 248 g/mol. The van der Waals surface area contributed by atoms with Crippen LogP contribution < -0.4 is 10.1 Å². The molecule has 18 heavy (non-hydrogen) atoms. The van der Waals surface area contributed by atoms with E-state index in [4.69, 9.17) is 9.47 Å². The van der Waals surface area contributed by atoms with Crippen LogP contribution >= 0.6 is 11.3 Å². The van der Waals surface area contributed by atoms with Crippen molar-refractivity contribution in [2.45, 2.75) is 13.3 Å². The molecule has 4 nitrogen and oxygen atoms in total. The maximum atomic E-state index is 5.70. The molecule has 1 aromatic heterocycles. The second-order valence-electron chi connectivity index (χ2n) is 3.89. The van der Waals surface area contributed by atoms with Gasteiger partial charge in [-0.15, -0.1) is 0 Å². The third kappa shape index (κ3) is 3.11. The van der Waals surface area contributed by atoms with E-state index in [0.29, 0.717) is 6.61 Å². The van der Waals surface area contributed by atoms with Crippen molar-refractivity contribution in [3.63, 3.8) is 0 Å². The summed E-state index contributed by atoms with van der Waals surface area (Å²) < 4.78 is 11.8. The second kappa shape index (κ2) is 6.56. The highest BCUT2D eigenvalue weighted by Gasteiger charge is 2.08. The first-order valence-corrected chi connectivity index (χ1v) is 6.92. The number of benzene rings is 1. The van der Waals surface area contributed by atoms with Gasteiger partial charge in [-0.25, -0.2) is 4.98 Å². The number of para-hydroxylation sites is 1. The summed E-state index contributed by atoms with van der Waals surface area (Å²) >= 11 is 1.64. The molecule has 98 valence electrons. The fourth-order valence-corrected chi connectivity index (χ4v) is 2.50. The molecule has 1 N–H and O–H groups in total. The van der Waals surface area contributed by atoms with Gasteiger partial charge in [0, 0.05) is 13.7 Å². The molecule has 0 fully saturated rings. The van der Waals surface area contributed by atoms with Crippen molar-refractivity contribution in [3.8, 4) is 5.75 Å². The van der Waals surface area contributed by atoms with Crippen LogP contribution in [0.2, 0.25) is 0 Å². The molecule has 0 saturated heterocycles. The number of nitrogens with one attached hydrogen (secondary N) is 1. The first-order chi connectivity index (χ1) is 8.85. The zero-order valence-corrected chi connectivity index (χ0v) is 11.5. The largest absolute Gasteiger partial charge is 0.491 e. The number of nitrogens with zero attached hydrogens (tertiary/aromatic N) is 1. The lowest BCUT2D eigenvalue weighted by atomic mass is 10.3. The first-order valence-electron chi connectivity index (χ1n) is 6.10. The summed E-state index contributed by atoms with van der Waals surface area (Å²) in [6, 6.07) is 6.04. The summed E-state index contributed by atoms with van der Waals surface area (Å²) in [5.74, 6) is 0.866. The minimum Gasteiger partial charge on any atom is -0.491 e. The molecule has 0 spiro atoms. The summed E-state index contributed by atoms with van der Waals surface area (Å²) in [5.41, 5.74) is 0.941. The standard InChI is InChI=1S/C13H18N2O2S/c1-3-8-17-10-5-4-6-11-12(10)15-13(18-11)14-7-9-16-2/h4-6H,3,7-9H2,1-2H3,(H,14,15). The van der Waals surface area contributed by atoms with Crippen LogP contribution in [0.15, 0.2) is 18.2 Å². The molecular formula is C13H18N2O2S. The van der Waals surface area contributed by atoms with Crippen LogP contribution in [0, 0.1) is 0 Å². The van der Waals surface area contributed by atoms with Crippen molar-refractivity contribution in [2.24, 2.45) is 0 Å². The number of hydrogen-bond donors (Lipinski definition) is 1. The summed E-state index contributed by atoms with van der Waals surface area (Å²) in [5, 5.41) is 4.16. The zero-order chi connectivity index (χ0) is 12.8. The minimum atomic E-state index is 0.676. The minimum absolute atomic E-state index is 0.676. The van der Waals surface area contributed by atoms with E-state index in [1.165, 1.54) is 0 Å². The van der Waals surface area contributed by atoms with E-state index in [9.17, 15) is 0 Å². The molecule has 5 heteroatoms. The number of rotatable bonds is 7. The molecule has 0 unspecified atom stereocenters. The lowest BCUT2D eigenvalue weighted by molar-refractivity contribution is 0.211. The van der Waals surface area contributed by atoms with Gasteiger partial charge in [-0.1, -0.05) is 24.3 Å². The fraction of sp³-hybridized carbons (Fsp3) is 0.462. The van der Waals surface area contributed by atoms with Gasteiger partial charge in [0.15, 0.2) is 5.13 Å². The van der Waals surface area contributed by atoms with Gasteiger partial charge in [0.05, 0.1) is 17.9 Å². The van der Waals surface area contributed by atoms with Gasteiger partial charge >= 0.3 is 0 Å². The van der Waals surface area contributed by atoms with Crippen molar-refractivity contribution in [1.29, 1.82) is 0 Å². The van der Waals surface area contributed by atoms with E-state index in [1.807, 2.05) is 12.1 Å². The number of thiazole rings is 1. The number of aromatic nitrogens is 1. The van der Waals surface area contributed by atoms with Gasteiger partial charge in [0.2, 0.25) is 0 Å². The van der Waals surface area contributed by atoms with Crippen molar-refractivity contribution >= 4 is 26.7 Å². The highest BCUT2D eigenvalue weighted by atomic mass is 32.1. The molecule has 2 aromatic rings. The molecule has 0 saturated carbocycles. The first kappa shape index (κ1) is 13.1. The maximum Gasteiger partial charge on any atom is 0.184 e. The fourth-order valence-electron chi connectivity index (χ4n) is 1.59. The third-order valence-electron chi connectivity index (χ3n) is 2.43. The predicted octanol–water partition coefficient (Wildman–Crippen LogP) is 3.14. The Kier molecular flexibility index (Phi) is 4.78. The van der Waals surface area contributed by atoms with E-state index < -0.39 is 0 Å². The van der Waals surface area contributed by atoms with Crippen LogP contribution in [-0.2, 0) is 4.74 Å². The van der Waals surface area contributed by atoms with Crippen LogP contribution in [-0.4, -0.2) is 31.9 Å². The van der Waals surface area contributed by atoms with E-state index in [2.05, 4.69) is 23.3 Å². The molecule has 0 amide bonds. The Labute approximate surface area is 111 Å². The van der Waals surface area contributed by atoms with Gasteiger partial charge in [-0.3, -0.25) is 0 Å². The highest BCUT2D eigenvalue weighted by molar-refractivity contribution is 7.22. The molecule has 0 atom stereocenters. The normalized spacial score (nSPS) is 10.8. The van der Waals surface area contributed by atoms with Crippen molar-refractivity contribution in [2.75, 3.05) is 32.2 Å². The average Bonchev–Trinajstić information content (AvgIpc) is 2.80. The monoisotopic (exact) mass is 266 g/mol. The van der Waals surface area contributed by atoms with Gasteiger partial charge in [-0.2, -0.15) is 0 Å². The molecule has 0 aliphatic rings. The Hall–Kier alpha value is -1.33. The van der Waals surface area contributed by atoms with Gasteiger partial charge in [-0.05, 0) is 18.6 Å². The Morgan fingerprint density at radius 3 is 3.00 bits per heavy atom. The van der Waals surface area contributed by atoms with Crippen LogP contribution in [0.4, 0.5) is 5.13 Å². The van der Waals surface area contributed by atoms with Crippen LogP contribution in [0.25, 0.3) is 10.2 Å². The van der Waals surface area contributed by atoms with Crippen molar-refractivity contribution in [1.82, 2.24) is 4.98 Å². The number of anilines is 1. The van der Waals surface area contributed by atoms with Crippen LogP contribution in [0.1, 0.15) is 13.3 Å². The lowest BCUT2D eigenvalue weighted by Gasteiger charge is -2.04. The maximum absolute atomic E-state index is 5.70. The van der Waals surface area contributed by atoms with E-state index >= 15 is 0 Å². The molecule has 2 rings (SSSR count). The van der Waals surface area contributed by atoms with Gasteiger partial charge in [0.1, 0.15) is 11.3 Å². The zero-order valence-electron chi connectivity index (χ0n) is 10.7. The quantitative estimate of drug-likeness (QED) is 0.782. The SMILES string of the molecule is CCCOc1cccc2sc(NCCOC)nc12. The number of ether oxygens (including phenoxy) is 2. The molecule has 1 aromatic carbocycles. The van der Waals surface area contributed by atoms with Crippen LogP contribution in [0.3, 0.4) is 0 Å². The second-order valence-corrected chi connectivity index (χ2v) is 4.92. The van der Waals surface area contributed by atoms with E-state index in [-0.39, 0.29) is 0 Å². The summed E-state index contributed by atoms with van der Waals surface area (Å²) in [6.45, 7) is 4.26. The topological polar surface area (TPSA) is 43.4 Å². The summed E-state index contributed by atoms with van der Waals surface area (Å²) in [4.78, 5) is 4.56. The molecule has 0 aliphatic heterocycles. The molecule has 0 aliphatic carbocycles. The number of hydrogen-bond acceptors (Lipinski definition) is 5. The molecule has 0 bridgehead atoms. The van der Waals surface area contributed by atoms with E-state index in [0.717, 1.165) is 40.7 Å². The van der Waals surface area contributed by atoms with Gasteiger partial charge in [0.25, 0.3) is 0 Å². The smallest absolute Gasteiger partial charge is 0.184 e. The van der Waals surface area contributed by atoms with Gasteiger partial charge < -0.3 is 14.8 Å². The molecule has 1 heterocycles. The summed E-state index contributed by atoms with van der Waals surface area (Å²) in [7, 11) is 1.69. The Morgan fingerprint density at radius 1 is 1.33 bits per heavy atom. The summed E-state index contributed by atoms with van der Waals surface area (Å²) in [6.07, 6.45) is 0.999. The van der Waals surface area contributed by atoms with Crippen LogP contribution in [0.5, 0.6) is 5.75 Å². The Morgan fingerprint density at radius 2 is 2.22 bits per heavy atom. The lowest BCUT2D eigenvalue weighted by Crippen LogP contribution is -2.06. The predicted molar refractivity (Wildman–Crippen MR) is 75.8 cm³/mol. The molecule has 0 radical (unpaired) electrons. The highest BCUT2D eigenvalue weighted by Crippen LogP contribution is 2.32. The number of methoxy groups -OCH3 is 1. The number of fused-ring (bicyclic) bond motifs is 1. The Balaban J connectivity index is 2.15. The third-order valence-corrected chi connectivity index (χ3v) is 3.40. The Bertz CT molecular complexity index is 499. The van der Waals surface area contributed by atoms with E-state index in [1.54, 1.807) is 18.4 Å².